The zero-order chi connectivity index (χ0) is 23.6. The van der Waals surface area contributed by atoms with Crippen LogP contribution in [0, 0.1) is 0 Å². The van der Waals surface area contributed by atoms with Crippen LogP contribution in [-0.4, -0.2) is 41.3 Å². The van der Waals surface area contributed by atoms with Crippen molar-refractivity contribution >= 4 is 18.2 Å². The summed E-state index contributed by atoms with van der Waals surface area (Å²) in [4.78, 5) is 38.9. The lowest BCUT2D eigenvalue weighted by atomic mass is 10.0. The highest BCUT2D eigenvalue weighted by atomic mass is 16.8. The number of carbonyl (C=O) groups excluding carboxylic acids is 3. The van der Waals surface area contributed by atoms with Crippen molar-refractivity contribution in [3.8, 4) is 0 Å². The van der Waals surface area contributed by atoms with Crippen molar-refractivity contribution in [2.24, 2.45) is 0 Å². The molecule has 7 nitrogen and oxygen atoms in total. The van der Waals surface area contributed by atoms with Gasteiger partial charge in [0, 0.05) is 13.0 Å². The minimum absolute atomic E-state index is 0.0282. The number of rotatable bonds is 8. The van der Waals surface area contributed by atoms with E-state index in [0.29, 0.717) is 0 Å². The van der Waals surface area contributed by atoms with E-state index in [1.807, 2.05) is 60.7 Å². The highest BCUT2D eigenvalue weighted by Crippen LogP contribution is 2.16. The second kappa shape index (κ2) is 11.7. The van der Waals surface area contributed by atoms with Crippen LogP contribution in [-0.2, 0) is 32.0 Å². The fourth-order valence-corrected chi connectivity index (χ4v) is 2.85. The molecule has 0 saturated heterocycles. The van der Waals surface area contributed by atoms with E-state index in [-0.39, 0.29) is 19.6 Å². The lowest BCUT2D eigenvalue weighted by Crippen LogP contribution is -2.48. The Kier molecular flexibility index (Phi) is 9.01. The normalized spacial score (nSPS) is 11.7. The summed E-state index contributed by atoms with van der Waals surface area (Å²) < 4.78 is 15.4. The molecule has 32 heavy (non-hydrogen) atoms. The zero-order valence-corrected chi connectivity index (χ0v) is 18.7. The van der Waals surface area contributed by atoms with Gasteiger partial charge in [-0.25, -0.2) is 14.4 Å². The van der Waals surface area contributed by atoms with E-state index in [2.05, 4.69) is 6.58 Å². The van der Waals surface area contributed by atoms with E-state index in [9.17, 15) is 14.4 Å². The highest BCUT2D eigenvalue weighted by Gasteiger charge is 2.34. The molecule has 1 amide bonds. The standard InChI is InChI=1S/C25H29NO6/c1-5-16-26(23(28)31-24(29)32-25(2,3)4)21(17-19-12-8-6-9-13-19)22(27)30-18-20-14-10-7-11-15-20/h5-15,21H,1,16-18H2,2-4H3. The summed E-state index contributed by atoms with van der Waals surface area (Å²) in [7, 11) is 0. The zero-order valence-electron chi connectivity index (χ0n) is 18.7. The Labute approximate surface area is 188 Å². The second-order valence-corrected chi connectivity index (χ2v) is 8.07. The van der Waals surface area contributed by atoms with Gasteiger partial charge >= 0.3 is 18.2 Å². The molecule has 170 valence electrons. The molecule has 0 heterocycles. The van der Waals surface area contributed by atoms with Gasteiger partial charge in [-0.3, -0.25) is 4.90 Å². The molecular weight excluding hydrogens is 410 g/mol. The molecule has 0 fully saturated rings. The Morgan fingerprint density at radius 3 is 2.06 bits per heavy atom. The van der Waals surface area contributed by atoms with Crippen LogP contribution in [0.2, 0.25) is 0 Å². The van der Waals surface area contributed by atoms with Crippen LogP contribution in [0.5, 0.6) is 0 Å². The molecular formula is C25H29NO6. The first-order chi connectivity index (χ1) is 15.2. The van der Waals surface area contributed by atoms with Gasteiger partial charge in [-0.15, -0.1) is 6.58 Å². The van der Waals surface area contributed by atoms with Gasteiger partial charge in [0.1, 0.15) is 18.2 Å². The van der Waals surface area contributed by atoms with E-state index in [4.69, 9.17) is 14.2 Å². The van der Waals surface area contributed by atoms with E-state index < -0.39 is 29.9 Å². The van der Waals surface area contributed by atoms with E-state index in [0.717, 1.165) is 16.0 Å². The average Bonchev–Trinajstić information content (AvgIpc) is 2.74. The van der Waals surface area contributed by atoms with Crippen molar-refractivity contribution in [1.82, 2.24) is 4.90 Å². The lowest BCUT2D eigenvalue weighted by molar-refractivity contribution is -0.150. The van der Waals surface area contributed by atoms with Crippen LogP contribution in [0.25, 0.3) is 0 Å². The minimum atomic E-state index is -1.15. The molecule has 0 aliphatic rings. The van der Waals surface area contributed by atoms with Gasteiger partial charge in [0.15, 0.2) is 0 Å². The van der Waals surface area contributed by atoms with Gasteiger partial charge in [0.2, 0.25) is 0 Å². The minimum Gasteiger partial charge on any atom is -0.459 e. The second-order valence-electron chi connectivity index (χ2n) is 8.07. The largest absolute Gasteiger partial charge is 0.517 e. The Bertz CT molecular complexity index is 905. The van der Waals surface area contributed by atoms with Crippen LogP contribution in [0.1, 0.15) is 31.9 Å². The maximum absolute atomic E-state index is 13.0. The number of hydrogen-bond donors (Lipinski definition) is 0. The van der Waals surface area contributed by atoms with Gasteiger partial charge in [0.25, 0.3) is 0 Å². The third kappa shape index (κ3) is 8.26. The van der Waals surface area contributed by atoms with Crippen LogP contribution in [0.4, 0.5) is 9.59 Å². The van der Waals surface area contributed by atoms with Crippen molar-refractivity contribution in [2.75, 3.05) is 6.54 Å². The molecule has 7 heteroatoms. The average molecular weight is 440 g/mol. The molecule has 0 aliphatic carbocycles. The molecule has 1 unspecified atom stereocenters. The first-order valence-electron chi connectivity index (χ1n) is 10.3. The van der Waals surface area contributed by atoms with Crippen molar-refractivity contribution in [1.29, 1.82) is 0 Å². The molecule has 0 spiro atoms. The molecule has 0 aliphatic heterocycles. The lowest BCUT2D eigenvalue weighted by Gasteiger charge is -2.29. The first-order valence-corrected chi connectivity index (χ1v) is 10.3. The van der Waals surface area contributed by atoms with Crippen LogP contribution < -0.4 is 0 Å². The Morgan fingerprint density at radius 2 is 1.53 bits per heavy atom. The number of carbonyl (C=O) groups is 3. The highest BCUT2D eigenvalue weighted by molar-refractivity contribution is 5.86. The quantitative estimate of drug-likeness (QED) is 0.331. The number of esters is 1. The van der Waals surface area contributed by atoms with E-state index >= 15 is 0 Å². The predicted molar refractivity (Wildman–Crippen MR) is 120 cm³/mol. The maximum atomic E-state index is 13.0. The van der Waals surface area contributed by atoms with E-state index in [1.165, 1.54) is 6.08 Å². The molecule has 0 aromatic heterocycles. The third-order valence-electron chi connectivity index (χ3n) is 4.26. The SMILES string of the molecule is C=CCN(C(=O)OC(=O)OC(C)(C)C)C(Cc1ccccc1)C(=O)OCc1ccccc1. The predicted octanol–water partition coefficient (Wildman–Crippen LogP) is 4.90. The van der Waals surface area contributed by atoms with Crippen LogP contribution >= 0.6 is 0 Å². The fraction of sp³-hybridized carbons (Fsp3) is 0.320. The van der Waals surface area contributed by atoms with Crippen molar-refractivity contribution in [3.05, 3.63) is 84.4 Å². The number of amides is 1. The van der Waals surface area contributed by atoms with Gasteiger partial charge in [-0.05, 0) is 31.9 Å². The molecule has 0 saturated carbocycles. The summed E-state index contributed by atoms with van der Waals surface area (Å²) >= 11 is 0. The van der Waals surface area contributed by atoms with Crippen LogP contribution in [0.15, 0.2) is 73.3 Å². The van der Waals surface area contributed by atoms with Crippen LogP contribution in [0.3, 0.4) is 0 Å². The molecule has 0 bridgehead atoms. The monoisotopic (exact) mass is 439 g/mol. The number of nitrogens with zero attached hydrogens (tertiary/aromatic N) is 1. The molecule has 1 atom stereocenters. The molecule has 0 N–H and O–H groups in total. The number of ether oxygens (including phenoxy) is 3. The summed E-state index contributed by atoms with van der Waals surface area (Å²) in [6, 6.07) is 17.4. The Morgan fingerprint density at radius 1 is 0.969 bits per heavy atom. The summed E-state index contributed by atoms with van der Waals surface area (Å²) in [6.07, 6.45) is -0.547. The molecule has 0 radical (unpaired) electrons. The van der Waals surface area contributed by atoms with Crippen molar-refractivity contribution in [2.45, 2.75) is 45.4 Å². The van der Waals surface area contributed by atoms with Gasteiger partial charge in [0.05, 0.1) is 0 Å². The van der Waals surface area contributed by atoms with Crippen molar-refractivity contribution < 1.29 is 28.6 Å². The maximum Gasteiger partial charge on any atom is 0.517 e. The van der Waals surface area contributed by atoms with Gasteiger partial charge in [-0.1, -0.05) is 66.7 Å². The van der Waals surface area contributed by atoms with Gasteiger partial charge < -0.3 is 14.2 Å². The Hall–Kier alpha value is -3.61. The summed E-state index contributed by atoms with van der Waals surface area (Å²) in [6.45, 7) is 8.62. The first kappa shape index (κ1) is 24.7. The Balaban J connectivity index is 2.22. The summed E-state index contributed by atoms with van der Waals surface area (Å²) in [5.41, 5.74) is 0.790. The fourth-order valence-electron chi connectivity index (χ4n) is 2.85. The number of hydrogen-bond acceptors (Lipinski definition) is 6. The van der Waals surface area contributed by atoms with Gasteiger partial charge in [-0.2, -0.15) is 0 Å². The smallest absolute Gasteiger partial charge is 0.459 e. The topological polar surface area (TPSA) is 82.1 Å². The van der Waals surface area contributed by atoms with E-state index in [1.54, 1.807) is 20.8 Å². The number of benzene rings is 2. The third-order valence-corrected chi connectivity index (χ3v) is 4.26. The summed E-state index contributed by atoms with van der Waals surface area (Å²) in [5.74, 6) is -0.624. The molecule has 2 aromatic rings. The molecule has 2 rings (SSSR count). The van der Waals surface area contributed by atoms with Crippen molar-refractivity contribution in [3.63, 3.8) is 0 Å². The summed E-state index contributed by atoms with van der Waals surface area (Å²) in [5, 5.41) is 0. The molecule has 2 aromatic carbocycles.